The van der Waals surface area contributed by atoms with Crippen molar-refractivity contribution in [2.24, 2.45) is 0 Å². The summed E-state index contributed by atoms with van der Waals surface area (Å²) in [6, 6.07) is 9.90. The van der Waals surface area contributed by atoms with Crippen molar-refractivity contribution in [3.8, 4) is 5.69 Å². The van der Waals surface area contributed by atoms with Crippen LogP contribution in [0.15, 0.2) is 30.3 Å². The average Bonchev–Trinajstić information content (AvgIpc) is 2.87. The fourth-order valence-electron chi connectivity index (χ4n) is 1.86. The molecule has 108 valence electrons. The summed E-state index contributed by atoms with van der Waals surface area (Å²) in [4.78, 5) is 2.05. The van der Waals surface area contributed by atoms with Gasteiger partial charge in [-0.1, -0.05) is 23.3 Å². The van der Waals surface area contributed by atoms with E-state index in [1.165, 1.54) is 0 Å². The fraction of sp³-hybridized carbons (Fsp3) is 0.500. The maximum absolute atomic E-state index is 4.11. The van der Waals surface area contributed by atoms with Crippen molar-refractivity contribution >= 4 is 5.95 Å². The second-order valence-corrected chi connectivity index (χ2v) is 5.82. The number of para-hydroxylation sites is 1. The number of nitrogens with one attached hydrogen (secondary N) is 1. The number of benzene rings is 1. The number of hydrogen-bond donors (Lipinski definition) is 1. The highest BCUT2D eigenvalue weighted by molar-refractivity contribution is 5.39. The van der Waals surface area contributed by atoms with Gasteiger partial charge in [-0.15, -0.1) is 0 Å². The van der Waals surface area contributed by atoms with Crippen molar-refractivity contribution in [1.29, 1.82) is 0 Å². The maximum Gasteiger partial charge on any atom is 0.250 e. The standard InChI is InChI=1S/C14H22N6/c1-14(2,3)15-10-11-19(4)13-16-17-18-20(13)12-8-6-5-7-9-12/h5-9,15H,10-11H2,1-4H3. The molecule has 0 aliphatic carbocycles. The Bertz CT molecular complexity index is 528. The van der Waals surface area contributed by atoms with Gasteiger partial charge < -0.3 is 10.2 Å². The number of tetrazole rings is 1. The summed E-state index contributed by atoms with van der Waals surface area (Å²) in [6.45, 7) is 8.18. The van der Waals surface area contributed by atoms with Gasteiger partial charge in [0.15, 0.2) is 0 Å². The van der Waals surface area contributed by atoms with E-state index in [4.69, 9.17) is 0 Å². The zero-order chi connectivity index (χ0) is 14.6. The third-order valence-electron chi connectivity index (χ3n) is 2.90. The van der Waals surface area contributed by atoms with Crippen LogP contribution in [0, 0.1) is 0 Å². The normalized spacial score (nSPS) is 11.6. The zero-order valence-corrected chi connectivity index (χ0v) is 12.5. The molecule has 6 heteroatoms. The van der Waals surface area contributed by atoms with Crippen molar-refractivity contribution in [3.63, 3.8) is 0 Å². The van der Waals surface area contributed by atoms with Crippen LogP contribution in [-0.2, 0) is 0 Å². The second kappa shape index (κ2) is 6.00. The predicted molar refractivity (Wildman–Crippen MR) is 80.2 cm³/mol. The van der Waals surface area contributed by atoms with Gasteiger partial charge in [0.2, 0.25) is 5.95 Å². The Morgan fingerprint density at radius 1 is 1.20 bits per heavy atom. The molecule has 6 nitrogen and oxygen atoms in total. The number of rotatable bonds is 5. The van der Waals surface area contributed by atoms with Crippen LogP contribution in [0.25, 0.3) is 5.69 Å². The quantitative estimate of drug-likeness (QED) is 0.895. The number of likely N-dealkylation sites (N-methyl/N-ethyl adjacent to an activating group) is 1. The Labute approximate surface area is 119 Å². The summed E-state index contributed by atoms with van der Waals surface area (Å²) in [6.07, 6.45) is 0. The van der Waals surface area contributed by atoms with E-state index in [0.717, 1.165) is 24.7 Å². The zero-order valence-electron chi connectivity index (χ0n) is 12.5. The molecule has 1 aromatic carbocycles. The molecule has 0 aliphatic heterocycles. The Morgan fingerprint density at radius 3 is 2.55 bits per heavy atom. The molecule has 2 rings (SSSR count). The van der Waals surface area contributed by atoms with Crippen LogP contribution < -0.4 is 10.2 Å². The van der Waals surface area contributed by atoms with Crippen LogP contribution in [0.3, 0.4) is 0 Å². The molecule has 2 aromatic rings. The van der Waals surface area contributed by atoms with E-state index in [1.807, 2.05) is 42.3 Å². The van der Waals surface area contributed by atoms with Gasteiger partial charge in [0.05, 0.1) is 5.69 Å². The van der Waals surface area contributed by atoms with Crippen molar-refractivity contribution in [3.05, 3.63) is 30.3 Å². The Kier molecular flexibility index (Phi) is 4.34. The molecule has 0 bridgehead atoms. The van der Waals surface area contributed by atoms with E-state index in [2.05, 4.69) is 41.6 Å². The van der Waals surface area contributed by atoms with Gasteiger partial charge in [-0.05, 0) is 43.3 Å². The third kappa shape index (κ3) is 3.77. The Balaban J connectivity index is 2.05. The van der Waals surface area contributed by atoms with E-state index < -0.39 is 0 Å². The van der Waals surface area contributed by atoms with Crippen LogP contribution in [0.1, 0.15) is 20.8 Å². The lowest BCUT2D eigenvalue weighted by Gasteiger charge is -2.23. The molecule has 0 amide bonds. The summed E-state index contributed by atoms with van der Waals surface area (Å²) in [5.41, 5.74) is 1.08. The second-order valence-electron chi connectivity index (χ2n) is 5.82. The molecule has 0 radical (unpaired) electrons. The average molecular weight is 274 g/mol. The number of hydrogen-bond acceptors (Lipinski definition) is 5. The van der Waals surface area contributed by atoms with Gasteiger partial charge in [0.1, 0.15) is 0 Å². The fourth-order valence-corrected chi connectivity index (χ4v) is 1.86. The smallest absolute Gasteiger partial charge is 0.250 e. The maximum atomic E-state index is 4.11. The summed E-state index contributed by atoms with van der Waals surface area (Å²) in [5, 5.41) is 15.4. The van der Waals surface area contributed by atoms with E-state index in [9.17, 15) is 0 Å². The molecular weight excluding hydrogens is 252 g/mol. The lowest BCUT2D eigenvalue weighted by atomic mass is 10.1. The van der Waals surface area contributed by atoms with E-state index in [0.29, 0.717) is 0 Å². The number of anilines is 1. The first kappa shape index (κ1) is 14.5. The first-order valence-corrected chi connectivity index (χ1v) is 6.77. The summed E-state index contributed by atoms with van der Waals surface area (Å²) in [7, 11) is 2.00. The molecule has 0 atom stereocenters. The first-order valence-electron chi connectivity index (χ1n) is 6.77. The van der Waals surface area contributed by atoms with Gasteiger partial charge in [-0.25, -0.2) is 0 Å². The lowest BCUT2D eigenvalue weighted by Crippen LogP contribution is -2.41. The third-order valence-corrected chi connectivity index (χ3v) is 2.90. The predicted octanol–water partition coefficient (Wildman–Crippen LogP) is 1.49. The van der Waals surface area contributed by atoms with Crippen molar-refractivity contribution < 1.29 is 0 Å². The van der Waals surface area contributed by atoms with Crippen LogP contribution in [-0.4, -0.2) is 45.9 Å². The highest BCUT2D eigenvalue weighted by Crippen LogP contribution is 2.13. The molecule has 0 saturated carbocycles. The molecule has 0 spiro atoms. The molecule has 0 fully saturated rings. The molecule has 0 saturated heterocycles. The van der Waals surface area contributed by atoms with Crippen molar-refractivity contribution in [2.45, 2.75) is 26.3 Å². The van der Waals surface area contributed by atoms with Gasteiger partial charge in [0.25, 0.3) is 0 Å². The molecular formula is C14H22N6. The minimum Gasteiger partial charge on any atom is -0.341 e. The highest BCUT2D eigenvalue weighted by atomic mass is 15.6. The number of nitrogens with zero attached hydrogens (tertiary/aromatic N) is 5. The van der Waals surface area contributed by atoms with Crippen LogP contribution >= 0.6 is 0 Å². The van der Waals surface area contributed by atoms with E-state index >= 15 is 0 Å². The minimum absolute atomic E-state index is 0.117. The topological polar surface area (TPSA) is 58.9 Å². The number of aromatic nitrogens is 4. The first-order chi connectivity index (χ1) is 9.47. The van der Waals surface area contributed by atoms with Gasteiger partial charge in [-0.2, -0.15) is 4.68 Å². The molecule has 20 heavy (non-hydrogen) atoms. The molecule has 1 aromatic heterocycles. The summed E-state index contributed by atoms with van der Waals surface area (Å²) in [5.74, 6) is 0.743. The van der Waals surface area contributed by atoms with Gasteiger partial charge >= 0.3 is 0 Å². The summed E-state index contributed by atoms with van der Waals surface area (Å²) >= 11 is 0. The van der Waals surface area contributed by atoms with Crippen molar-refractivity contribution in [1.82, 2.24) is 25.5 Å². The van der Waals surface area contributed by atoms with Crippen LogP contribution in [0.2, 0.25) is 0 Å². The SMILES string of the molecule is CN(CCNC(C)(C)C)c1nnnn1-c1ccccc1. The van der Waals surface area contributed by atoms with Crippen LogP contribution in [0.5, 0.6) is 0 Å². The van der Waals surface area contributed by atoms with E-state index in [1.54, 1.807) is 4.68 Å². The van der Waals surface area contributed by atoms with Gasteiger partial charge in [0, 0.05) is 25.7 Å². The monoisotopic (exact) mass is 274 g/mol. The van der Waals surface area contributed by atoms with E-state index in [-0.39, 0.29) is 5.54 Å². The van der Waals surface area contributed by atoms with Crippen molar-refractivity contribution in [2.75, 3.05) is 25.0 Å². The molecule has 0 unspecified atom stereocenters. The summed E-state index contributed by atoms with van der Waals surface area (Å²) < 4.78 is 1.75. The highest BCUT2D eigenvalue weighted by Gasteiger charge is 2.14. The van der Waals surface area contributed by atoms with Crippen LogP contribution in [0.4, 0.5) is 5.95 Å². The largest absolute Gasteiger partial charge is 0.341 e. The molecule has 1 N–H and O–H groups in total. The lowest BCUT2D eigenvalue weighted by molar-refractivity contribution is 0.430. The Hall–Kier alpha value is -1.95. The van der Waals surface area contributed by atoms with Gasteiger partial charge in [-0.3, -0.25) is 0 Å². The minimum atomic E-state index is 0.117. The molecule has 0 aliphatic rings. The molecule has 1 heterocycles. The Morgan fingerprint density at radius 2 is 1.90 bits per heavy atom.